The molecule has 0 saturated carbocycles. The highest BCUT2D eigenvalue weighted by molar-refractivity contribution is 7.21. The molecule has 29 rings (SSSR count). The van der Waals surface area contributed by atoms with Gasteiger partial charge in [-0.2, -0.15) is 9.97 Å². The molecular weight excluding hydrogens is 1770 g/mol. The zero-order valence-electron chi connectivity index (χ0n) is 75.8. The summed E-state index contributed by atoms with van der Waals surface area (Å²) in [5.74, 6) is 4.75. The minimum absolute atomic E-state index is 0.426. The van der Waals surface area contributed by atoms with Gasteiger partial charge in [0.15, 0.2) is 16.1 Å². The van der Waals surface area contributed by atoms with Gasteiger partial charge < -0.3 is 8.83 Å². The lowest BCUT2D eigenvalue weighted by Crippen LogP contribution is -2.74. The Morgan fingerprint density at radius 3 is 1.17 bits per heavy atom. The van der Waals surface area contributed by atoms with E-state index in [0.717, 1.165) is 155 Å². The standard InChI is InChI=1S/C121H78N16O2Si2/c1-3-32-97-91(4-2)124-118-132(97)108-72-79(62-69-106(108)135(118)114-75-96(122-116(129-114)136-104-52-27-24-49-101(104)131-99-47-22-20-45-93(99)126-120(131)136)76-57-63-84(64-58-76)140(80-33-9-5-10-34-80,81-35-11-6-12-36-81)86-67-70-111-90(73-86)88-42-18-29-54-109(88)138-111)78-61-68-94-107(71-78)133-102-50-25-28-53-105(102)137(121(133)127-94)117-123-95(74-113(128-117)134-103-51-26-23-48-100(103)130-98-46-21-19-44-92(98)125-119(130)134)77-59-65-85(66-60-77)141(82-37-13-7-14-38-82,83-39-15-8-16-40-83)112-56-31-43-89-87-41-17-30-55-110(87)139-115(89)112/h3-75H,2H2,1H3/b32-3-. The van der Waals surface area contributed by atoms with Crippen LogP contribution in [0.2, 0.25) is 0 Å². The lowest BCUT2D eigenvalue weighted by atomic mass is 10.0. The predicted octanol–water partition coefficient (Wildman–Crippen LogP) is 22.3. The van der Waals surface area contributed by atoms with Crippen LogP contribution in [0, 0.1) is 0 Å². The van der Waals surface area contributed by atoms with Crippen LogP contribution in [0.5, 0.6) is 0 Å². The Morgan fingerprint density at radius 1 is 0.255 bits per heavy atom. The van der Waals surface area contributed by atoms with Crippen molar-refractivity contribution in [3.05, 3.63) is 449 Å². The van der Waals surface area contributed by atoms with Gasteiger partial charge in [-0.1, -0.05) is 322 Å². The number of para-hydroxylation sites is 13. The highest BCUT2D eigenvalue weighted by Gasteiger charge is 2.45. The van der Waals surface area contributed by atoms with E-state index in [-0.39, 0.29) is 0 Å². The van der Waals surface area contributed by atoms with Crippen molar-refractivity contribution in [1.29, 1.82) is 0 Å². The first-order valence-electron chi connectivity index (χ1n) is 47.3. The fourth-order valence-electron chi connectivity index (χ4n) is 22.7. The van der Waals surface area contributed by atoms with Gasteiger partial charge in [0, 0.05) is 44.8 Å². The third-order valence-corrected chi connectivity index (χ3v) is 38.4. The lowest BCUT2D eigenvalue weighted by molar-refractivity contribution is 0.669. The molecule has 0 bridgehead atoms. The van der Waals surface area contributed by atoms with E-state index >= 15 is 0 Å². The number of nitrogens with zero attached hydrogens (tertiary/aromatic N) is 16. The number of benzene rings is 17. The van der Waals surface area contributed by atoms with E-state index in [0.29, 0.717) is 57.9 Å². The van der Waals surface area contributed by atoms with Gasteiger partial charge in [-0.15, -0.1) is 0 Å². The van der Waals surface area contributed by atoms with Gasteiger partial charge in [0.2, 0.25) is 35.0 Å². The van der Waals surface area contributed by atoms with Crippen LogP contribution in [0.4, 0.5) is 0 Å². The van der Waals surface area contributed by atoms with Crippen LogP contribution in [0.3, 0.4) is 0 Å². The van der Waals surface area contributed by atoms with Crippen molar-refractivity contribution in [1.82, 2.24) is 75.7 Å². The largest absolute Gasteiger partial charge is 0.456 e. The molecule has 0 unspecified atom stereocenters. The summed E-state index contributed by atoms with van der Waals surface area (Å²) in [6, 6.07) is 152. The molecule has 141 heavy (non-hydrogen) atoms. The van der Waals surface area contributed by atoms with E-state index in [1.807, 2.05) is 37.3 Å². The third-order valence-electron chi connectivity index (χ3n) is 28.8. The molecule has 0 saturated heterocycles. The molecule has 29 aromatic rings. The molecule has 0 aliphatic rings. The molecule has 12 heterocycles. The summed E-state index contributed by atoms with van der Waals surface area (Å²) in [5.41, 5.74) is 22.9. The van der Waals surface area contributed by atoms with Crippen LogP contribution in [0.15, 0.2) is 446 Å². The number of hydrogen-bond acceptors (Lipinski definition) is 10. The number of allylic oxidation sites excluding steroid dienone is 1. The lowest BCUT2D eigenvalue weighted by Gasteiger charge is -2.34. The van der Waals surface area contributed by atoms with Crippen molar-refractivity contribution in [3.63, 3.8) is 0 Å². The number of furan rings is 2. The monoisotopic (exact) mass is 1840 g/mol. The normalized spacial score (nSPS) is 12.4. The first-order chi connectivity index (χ1) is 69.8. The van der Waals surface area contributed by atoms with E-state index in [1.54, 1.807) is 0 Å². The van der Waals surface area contributed by atoms with Crippen LogP contribution >= 0.6 is 0 Å². The topological polar surface area (TPSA) is 167 Å². The van der Waals surface area contributed by atoms with Crippen molar-refractivity contribution >= 4 is 214 Å². The maximum atomic E-state index is 7.06. The van der Waals surface area contributed by atoms with Gasteiger partial charge in [-0.3, -0.25) is 26.7 Å². The molecule has 0 N–H and O–H groups in total. The second-order valence-corrected chi connectivity index (χ2v) is 43.8. The number of imidazole rings is 8. The summed E-state index contributed by atoms with van der Waals surface area (Å²) in [6.07, 6.45) is 6.01. The smallest absolute Gasteiger partial charge is 0.239 e. The van der Waals surface area contributed by atoms with Crippen LogP contribution in [-0.2, 0) is 0 Å². The summed E-state index contributed by atoms with van der Waals surface area (Å²) >= 11 is 0. The van der Waals surface area contributed by atoms with Gasteiger partial charge in [0.05, 0.1) is 100 Å². The molecule has 0 fully saturated rings. The molecule has 662 valence electrons. The van der Waals surface area contributed by atoms with Crippen molar-refractivity contribution in [3.8, 4) is 57.2 Å². The second kappa shape index (κ2) is 30.9. The fraction of sp³-hybridized carbons (Fsp3) is 0.00826. The summed E-state index contributed by atoms with van der Waals surface area (Å²) in [7, 11) is -6.37. The number of hydrogen-bond donors (Lipinski definition) is 0. The zero-order chi connectivity index (χ0) is 92.9. The molecule has 18 nitrogen and oxygen atoms in total. The molecule has 17 aromatic carbocycles. The summed E-state index contributed by atoms with van der Waals surface area (Å²) < 4.78 is 31.1. The fourth-order valence-corrected chi connectivity index (χ4v) is 32.3. The molecular formula is C121H78N16O2Si2. The van der Waals surface area contributed by atoms with Crippen molar-refractivity contribution in [2.75, 3.05) is 0 Å². The molecule has 0 atom stereocenters. The highest BCUT2D eigenvalue weighted by Crippen LogP contribution is 2.41. The van der Waals surface area contributed by atoms with Gasteiger partial charge in [0.1, 0.15) is 34.0 Å². The summed E-state index contributed by atoms with van der Waals surface area (Å²) in [4.78, 5) is 45.1. The molecule has 20 heteroatoms. The molecule has 0 radical (unpaired) electrons. The summed E-state index contributed by atoms with van der Waals surface area (Å²) in [5, 5.41) is 14.1. The first-order valence-corrected chi connectivity index (χ1v) is 51.3. The molecule has 0 amide bonds. The van der Waals surface area contributed by atoms with Crippen LogP contribution in [-0.4, -0.2) is 91.9 Å². The summed E-state index contributed by atoms with van der Waals surface area (Å²) in [6.45, 7) is 6.44. The SMILES string of the molecule is C=Cc1nc2n(-c3cc(-c4ccc([Si](c5ccccc5)(c5ccccc5)c5ccc6oc7ccccc7c6c5)cc4)nc(-n4c5ccccc5n5c6ccccc6nc45)n3)c3ccc(-c4ccc5nc6n(-c7nc(-c8ccc([Si](c9ccccc9)(c9ccccc9)c9cccc%10c9oc9ccccc9%10)cc8)cc(-n8c9ccccc9n9c%10ccccc%10nc89)n7)c7ccccc7n6c5c4)cc3n2c1/C=C\C. The molecule has 12 aromatic heterocycles. The van der Waals surface area contributed by atoms with Crippen molar-refractivity contribution in [2.24, 2.45) is 0 Å². The van der Waals surface area contributed by atoms with E-state index in [2.05, 4.69) is 455 Å². The van der Waals surface area contributed by atoms with Crippen molar-refractivity contribution in [2.45, 2.75) is 6.92 Å². The average Bonchev–Trinajstić information content (AvgIpc) is 1.48. The Kier molecular flexibility index (Phi) is 17.4. The minimum Gasteiger partial charge on any atom is -0.456 e. The molecule has 0 aliphatic carbocycles. The zero-order valence-corrected chi connectivity index (χ0v) is 77.8. The van der Waals surface area contributed by atoms with Gasteiger partial charge in [-0.05, 0) is 175 Å². The Balaban J connectivity index is 0.608. The van der Waals surface area contributed by atoms with E-state index < -0.39 is 16.1 Å². The van der Waals surface area contributed by atoms with E-state index in [4.69, 9.17) is 48.7 Å². The Hall–Kier alpha value is -18.8. The number of aromatic nitrogens is 16. The highest BCUT2D eigenvalue weighted by atomic mass is 28.3. The Bertz CT molecular complexity index is 10200. The van der Waals surface area contributed by atoms with Crippen molar-refractivity contribution < 1.29 is 8.83 Å². The average molecular weight is 1840 g/mol. The van der Waals surface area contributed by atoms with Gasteiger partial charge >= 0.3 is 0 Å². The van der Waals surface area contributed by atoms with Gasteiger partial charge in [-0.25, -0.2) is 39.0 Å². The first kappa shape index (κ1) is 79.6. The van der Waals surface area contributed by atoms with E-state index in [9.17, 15) is 0 Å². The van der Waals surface area contributed by atoms with Gasteiger partial charge in [0.25, 0.3) is 0 Å². The number of fused-ring (bicyclic) bond motifs is 24. The number of rotatable bonds is 17. The second-order valence-electron chi connectivity index (χ2n) is 36.2. The minimum atomic E-state index is -3.23. The Morgan fingerprint density at radius 2 is 0.638 bits per heavy atom. The van der Waals surface area contributed by atoms with Crippen LogP contribution < -0.4 is 41.5 Å². The third kappa shape index (κ3) is 11.7. The maximum absolute atomic E-state index is 7.06. The quantitative estimate of drug-likeness (QED) is 0.0632. The molecule has 0 aliphatic heterocycles. The molecule has 0 spiro atoms. The maximum Gasteiger partial charge on any atom is 0.239 e. The Labute approximate surface area is 805 Å². The van der Waals surface area contributed by atoms with Crippen LogP contribution in [0.25, 0.3) is 214 Å². The predicted molar refractivity (Wildman–Crippen MR) is 575 cm³/mol. The van der Waals surface area contributed by atoms with E-state index in [1.165, 1.54) is 41.5 Å². The van der Waals surface area contributed by atoms with Crippen LogP contribution in [0.1, 0.15) is 18.3 Å².